The Morgan fingerprint density at radius 1 is 1.33 bits per heavy atom. The van der Waals surface area contributed by atoms with Crippen LogP contribution in [0.5, 0.6) is 5.75 Å². The first-order valence-electron chi connectivity index (χ1n) is 7.30. The Morgan fingerprint density at radius 2 is 2.10 bits per heavy atom. The molecular weight excluding hydrogens is 264 g/mol. The van der Waals surface area contributed by atoms with Crippen LogP contribution in [0.2, 0.25) is 0 Å². The first-order valence-corrected chi connectivity index (χ1v) is 7.30. The normalized spacial score (nSPS) is 24.6. The molecule has 0 spiro atoms. The van der Waals surface area contributed by atoms with Crippen LogP contribution in [0.25, 0.3) is 10.8 Å². The molecule has 1 aliphatic carbocycles. The molecule has 2 aromatic carbocycles. The van der Waals surface area contributed by atoms with Crippen molar-refractivity contribution in [1.29, 1.82) is 0 Å². The molecule has 0 radical (unpaired) electrons. The standard InChI is InChI=1S/C18H20O3/c1-11-14-6-4-12-10-13(21-3)5-7-15(12)16(14)8-9-18(11,2)17(19)20/h4-7,10-11H,8-9H2,1-3H3,(H,19,20). The van der Waals surface area contributed by atoms with Gasteiger partial charge in [0.25, 0.3) is 0 Å². The first-order chi connectivity index (χ1) is 9.97. The minimum atomic E-state index is -0.699. The summed E-state index contributed by atoms with van der Waals surface area (Å²) in [5, 5.41) is 11.9. The molecule has 3 nitrogen and oxygen atoms in total. The molecule has 2 aromatic rings. The van der Waals surface area contributed by atoms with E-state index < -0.39 is 11.4 Å². The Bertz CT molecular complexity index is 720. The second-order valence-corrected chi connectivity index (χ2v) is 6.16. The van der Waals surface area contributed by atoms with Crippen molar-refractivity contribution < 1.29 is 14.6 Å². The monoisotopic (exact) mass is 284 g/mol. The highest BCUT2D eigenvalue weighted by Gasteiger charge is 2.43. The summed E-state index contributed by atoms with van der Waals surface area (Å²) in [6.07, 6.45) is 1.49. The molecule has 2 atom stereocenters. The van der Waals surface area contributed by atoms with E-state index in [9.17, 15) is 9.90 Å². The van der Waals surface area contributed by atoms with E-state index in [0.29, 0.717) is 6.42 Å². The fourth-order valence-electron chi connectivity index (χ4n) is 3.44. The van der Waals surface area contributed by atoms with Crippen molar-refractivity contribution in [3.05, 3.63) is 41.5 Å². The lowest BCUT2D eigenvalue weighted by Crippen LogP contribution is -2.37. The van der Waals surface area contributed by atoms with Crippen LogP contribution in [0.4, 0.5) is 0 Å². The highest BCUT2D eigenvalue weighted by atomic mass is 16.5. The Balaban J connectivity index is 2.17. The molecule has 0 aromatic heterocycles. The van der Waals surface area contributed by atoms with E-state index in [4.69, 9.17) is 4.74 Å². The number of carboxylic acids is 1. The number of hydrogen-bond donors (Lipinski definition) is 1. The fourth-order valence-corrected chi connectivity index (χ4v) is 3.44. The van der Waals surface area contributed by atoms with Gasteiger partial charge in [-0.1, -0.05) is 25.1 Å². The highest BCUT2D eigenvalue weighted by Crippen LogP contribution is 2.47. The lowest BCUT2D eigenvalue weighted by atomic mass is 9.65. The number of ether oxygens (including phenoxy) is 1. The van der Waals surface area contributed by atoms with E-state index in [-0.39, 0.29) is 5.92 Å². The third-order valence-electron chi connectivity index (χ3n) is 5.18. The molecule has 1 aliphatic rings. The van der Waals surface area contributed by atoms with E-state index in [1.54, 1.807) is 7.11 Å². The SMILES string of the molecule is COc1ccc2c3c(ccc2c1)C(C)C(C)(C(=O)O)CC3. The van der Waals surface area contributed by atoms with Crippen LogP contribution in [0.15, 0.2) is 30.3 Å². The van der Waals surface area contributed by atoms with Gasteiger partial charge < -0.3 is 9.84 Å². The summed E-state index contributed by atoms with van der Waals surface area (Å²) in [7, 11) is 1.67. The zero-order chi connectivity index (χ0) is 15.2. The maximum atomic E-state index is 11.6. The van der Waals surface area contributed by atoms with Crippen LogP contribution in [0.1, 0.15) is 37.3 Å². The molecule has 0 fully saturated rings. The molecule has 2 unspecified atom stereocenters. The van der Waals surface area contributed by atoms with Crippen LogP contribution in [0, 0.1) is 5.41 Å². The smallest absolute Gasteiger partial charge is 0.309 e. The van der Waals surface area contributed by atoms with Crippen molar-refractivity contribution >= 4 is 16.7 Å². The number of benzene rings is 2. The van der Waals surface area contributed by atoms with Crippen LogP contribution >= 0.6 is 0 Å². The van der Waals surface area contributed by atoms with Gasteiger partial charge in [0.2, 0.25) is 0 Å². The average molecular weight is 284 g/mol. The predicted octanol–water partition coefficient (Wildman–Crippen LogP) is 3.99. The molecule has 0 saturated heterocycles. The van der Waals surface area contributed by atoms with E-state index >= 15 is 0 Å². The van der Waals surface area contributed by atoms with Gasteiger partial charge in [-0.25, -0.2) is 0 Å². The Labute approximate surface area is 124 Å². The second-order valence-electron chi connectivity index (χ2n) is 6.16. The maximum absolute atomic E-state index is 11.6. The summed E-state index contributed by atoms with van der Waals surface area (Å²) >= 11 is 0. The first kappa shape index (κ1) is 13.9. The summed E-state index contributed by atoms with van der Waals surface area (Å²) in [6.45, 7) is 3.89. The summed E-state index contributed by atoms with van der Waals surface area (Å²) in [6, 6.07) is 10.2. The molecule has 0 amide bonds. The van der Waals surface area contributed by atoms with Crippen LogP contribution in [-0.2, 0) is 11.2 Å². The number of carboxylic acid groups (broad SMARTS) is 1. The Morgan fingerprint density at radius 3 is 2.76 bits per heavy atom. The molecule has 1 N–H and O–H groups in total. The van der Waals surface area contributed by atoms with Gasteiger partial charge in [-0.15, -0.1) is 0 Å². The summed E-state index contributed by atoms with van der Waals surface area (Å²) in [5.74, 6) is 0.169. The van der Waals surface area contributed by atoms with Crippen LogP contribution in [0.3, 0.4) is 0 Å². The number of methoxy groups -OCH3 is 1. The van der Waals surface area contributed by atoms with Crippen molar-refractivity contribution in [2.45, 2.75) is 32.6 Å². The topological polar surface area (TPSA) is 46.5 Å². The molecule has 0 saturated carbocycles. The van der Waals surface area contributed by atoms with Gasteiger partial charge in [-0.2, -0.15) is 0 Å². The minimum Gasteiger partial charge on any atom is -0.497 e. The Hall–Kier alpha value is -2.03. The van der Waals surface area contributed by atoms with Gasteiger partial charge in [-0.3, -0.25) is 4.79 Å². The van der Waals surface area contributed by atoms with Crippen molar-refractivity contribution in [3.8, 4) is 5.75 Å². The third kappa shape index (κ3) is 1.99. The number of carbonyl (C=O) groups is 1. The summed E-state index contributed by atoms with van der Waals surface area (Å²) in [4.78, 5) is 11.6. The second kappa shape index (κ2) is 4.76. The van der Waals surface area contributed by atoms with Gasteiger partial charge in [0.05, 0.1) is 12.5 Å². The molecule has 3 rings (SSSR count). The molecule has 3 heteroatoms. The van der Waals surface area contributed by atoms with Gasteiger partial charge in [0, 0.05) is 0 Å². The predicted molar refractivity (Wildman–Crippen MR) is 83.0 cm³/mol. The fraction of sp³-hybridized carbons (Fsp3) is 0.389. The van der Waals surface area contributed by atoms with Crippen molar-refractivity contribution in [1.82, 2.24) is 0 Å². The lowest BCUT2D eigenvalue weighted by molar-refractivity contribution is -0.150. The van der Waals surface area contributed by atoms with Gasteiger partial charge >= 0.3 is 5.97 Å². The van der Waals surface area contributed by atoms with Crippen LogP contribution < -0.4 is 4.74 Å². The summed E-state index contributed by atoms with van der Waals surface area (Å²) < 4.78 is 5.27. The zero-order valence-corrected chi connectivity index (χ0v) is 12.6. The van der Waals surface area contributed by atoms with E-state index in [1.807, 2.05) is 26.0 Å². The number of rotatable bonds is 2. The van der Waals surface area contributed by atoms with Gasteiger partial charge in [-0.05, 0) is 59.7 Å². The molecular formula is C18H20O3. The van der Waals surface area contributed by atoms with Crippen molar-refractivity contribution in [3.63, 3.8) is 0 Å². The number of hydrogen-bond acceptors (Lipinski definition) is 2. The number of fused-ring (bicyclic) bond motifs is 3. The largest absolute Gasteiger partial charge is 0.497 e. The number of aliphatic carboxylic acids is 1. The van der Waals surface area contributed by atoms with Crippen molar-refractivity contribution in [2.75, 3.05) is 7.11 Å². The quantitative estimate of drug-likeness (QED) is 0.907. The van der Waals surface area contributed by atoms with Crippen LogP contribution in [-0.4, -0.2) is 18.2 Å². The third-order valence-corrected chi connectivity index (χ3v) is 5.18. The van der Waals surface area contributed by atoms with Gasteiger partial charge in [0.15, 0.2) is 0 Å². The van der Waals surface area contributed by atoms with E-state index in [0.717, 1.165) is 17.6 Å². The Kier molecular flexibility index (Phi) is 3.16. The zero-order valence-electron chi connectivity index (χ0n) is 12.6. The highest BCUT2D eigenvalue weighted by molar-refractivity contribution is 5.89. The van der Waals surface area contributed by atoms with E-state index in [2.05, 4.69) is 18.2 Å². The lowest BCUT2D eigenvalue weighted by Gasteiger charge is -2.38. The molecule has 0 bridgehead atoms. The van der Waals surface area contributed by atoms with Gasteiger partial charge in [0.1, 0.15) is 5.75 Å². The maximum Gasteiger partial charge on any atom is 0.309 e. The molecule has 0 heterocycles. The summed E-state index contributed by atoms with van der Waals surface area (Å²) in [5.41, 5.74) is 1.79. The number of aryl methyl sites for hydroxylation is 1. The average Bonchev–Trinajstić information content (AvgIpc) is 2.49. The minimum absolute atomic E-state index is 0.0188. The van der Waals surface area contributed by atoms with Crippen molar-refractivity contribution in [2.24, 2.45) is 5.41 Å². The molecule has 0 aliphatic heterocycles. The molecule has 110 valence electrons. The van der Waals surface area contributed by atoms with E-state index in [1.165, 1.54) is 16.5 Å². The molecule has 21 heavy (non-hydrogen) atoms.